The number of aliphatic hydroxyl groups excluding tert-OH is 1. The van der Waals surface area contributed by atoms with Crippen LogP contribution in [0, 0.1) is 0 Å². The fraction of sp³-hybridized carbons (Fsp3) is 0.357. The molecule has 0 aliphatic rings. The van der Waals surface area contributed by atoms with Gasteiger partial charge in [0, 0.05) is 31.1 Å². The van der Waals surface area contributed by atoms with E-state index in [0.29, 0.717) is 17.1 Å². The number of rotatable bonds is 5. The molecule has 0 aliphatic heterocycles. The first-order valence-corrected chi connectivity index (χ1v) is 6.18. The highest BCUT2D eigenvalue weighted by Gasteiger charge is 2.16. The molecule has 0 spiro atoms. The Bertz CT molecular complexity index is 645. The molecule has 1 aromatic carbocycles. The van der Waals surface area contributed by atoms with Gasteiger partial charge >= 0.3 is 5.69 Å². The van der Waals surface area contributed by atoms with Gasteiger partial charge in [-0.25, -0.2) is 4.79 Å². The number of aromatic nitrogens is 2. The molecule has 0 aliphatic carbocycles. The minimum absolute atomic E-state index is 0.169. The first kappa shape index (κ1) is 14.2. The molecule has 2 rings (SSSR count). The summed E-state index contributed by atoms with van der Waals surface area (Å²) in [7, 11) is 4.76. The van der Waals surface area contributed by atoms with Crippen LogP contribution in [0.2, 0.25) is 0 Å². The topological polar surface area (TPSA) is 65.6 Å². The molecule has 0 saturated carbocycles. The van der Waals surface area contributed by atoms with Gasteiger partial charge in [0.1, 0.15) is 17.6 Å². The van der Waals surface area contributed by atoms with E-state index < -0.39 is 6.10 Å². The van der Waals surface area contributed by atoms with Gasteiger partial charge in [0.25, 0.3) is 0 Å². The van der Waals surface area contributed by atoms with Gasteiger partial charge < -0.3 is 19.1 Å². The predicted octanol–water partition coefficient (Wildman–Crippen LogP) is 0.938. The van der Waals surface area contributed by atoms with Crippen LogP contribution in [0.3, 0.4) is 0 Å². The number of hydrogen-bond donors (Lipinski definition) is 1. The van der Waals surface area contributed by atoms with Crippen molar-refractivity contribution in [3.05, 3.63) is 46.6 Å². The maximum atomic E-state index is 11.8. The molecule has 1 atom stereocenters. The Balaban J connectivity index is 2.27. The Morgan fingerprint density at radius 2 is 2.00 bits per heavy atom. The van der Waals surface area contributed by atoms with E-state index >= 15 is 0 Å². The molecule has 0 saturated heterocycles. The highest BCUT2D eigenvalue weighted by atomic mass is 16.5. The third-order valence-corrected chi connectivity index (χ3v) is 3.19. The number of ether oxygens (including phenoxy) is 2. The van der Waals surface area contributed by atoms with Crippen molar-refractivity contribution in [2.75, 3.05) is 14.2 Å². The highest BCUT2D eigenvalue weighted by Crippen LogP contribution is 2.30. The monoisotopic (exact) mass is 278 g/mol. The minimum atomic E-state index is -0.837. The summed E-state index contributed by atoms with van der Waals surface area (Å²) in [6, 6.07) is 5.18. The second-order valence-corrected chi connectivity index (χ2v) is 4.47. The van der Waals surface area contributed by atoms with Gasteiger partial charge in [-0.3, -0.25) is 4.57 Å². The Labute approximate surface area is 116 Å². The van der Waals surface area contributed by atoms with E-state index in [1.165, 1.54) is 16.2 Å². The molecule has 1 N–H and O–H groups in total. The van der Waals surface area contributed by atoms with Crippen LogP contribution in [0.5, 0.6) is 11.5 Å². The summed E-state index contributed by atoms with van der Waals surface area (Å²) in [6.45, 7) is 0.169. The van der Waals surface area contributed by atoms with Crippen LogP contribution in [-0.2, 0) is 13.6 Å². The van der Waals surface area contributed by atoms with E-state index in [0.717, 1.165) is 0 Å². The van der Waals surface area contributed by atoms with Gasteiger partial charge in [0.05, 0.1) is 20.8 Å². The SMILES string of the molecule is COc1ccc(C(O)Cn2ccn(C)c2=O)c(OC)c1. The van der Waals surface area contributed by atoms with Crippen molar-refractivity contribution >= 4 is 0 Å². The maximum absolute atomic E-state index is 11.8. The zero-order valence-electron chi connectivity index (χ0n) is 11.7. The van der Waals surface area contributed by atoms with Gasteiger partial charge in [0.2, 0.25) is 0 Å². The van der Waals surface area contributed by atoms with Crippen molar-refractivity contribution in [1.29, 1.82) is 0 Å². The Hall–Kier alpha value is -2.21. The molecular formula is C14H18N2O4. The lowest BCUT2D eigenvalue weighted by Gasteiger charge is -2.15. The Morgan fingerprint density at radius 3 is 2.55 bits per heavy atom. The summed E-state index contributed by atoms with van der Waals surface area (Å²) in [5.74, 6) is 1.18. The van der Waals surface area contributed by atoms with Crippen molar-refractivity contribution < 1.29 is 14.6 Å². The van der Waals surface area contributed by atoms with Crippen molar-refractivity contribution in [3.63, 3.8) is 0 Å². The second-order valence-electron chi connectivity index (χ2n) is 4.47. The standard InChI is InChI=1S/C14H18N2O4/c1-15-6-7-16(14(15)18)9-12(17)11-5-4-10(19-2)8-13(11)20-3/h4-8,12,17H,9H2,1-3H3. The first-order chi connectivity index (χ1) is 9.56. The molecule has 1 aromatic heterocycles. The number of nitrogens with zero attached hydrogens (tertiary/aromatic N) is 2. The quantitative estimate of drug-likeness (QED) is 0.884. The van der Waals surface area contributed by atoms with Gasteiger partial charge in [0.15, 0.2) is 0 Å². The number of aryl methyl sites for hydroxylation is 1. The number of imidazole rings is 1. The van der Waals surface area contributed by atoms with Gasteiger partial charge in [-0.2, -0.15) is 0 Å². The summed E-state index contributed by atoms with van der Waals surface area (Å²) in [6.07, 6.45) is 2.46. The average molecular weight is 278 g/mol. The zero-order chi connectivity index (χ0) is 14.7. The van der Waals surface area contributed by atoms with Crippen molar-refractivity contribution in [3.8, 4) is 11.5 Å². The number of benzene rings is 1. The summed E-state index contributed by atoms with van der Waals surface area (Å²) in [5, 5.41) is 10.3. The third kappa shape index (κ3) is 2.70. The molecular weight excluding hydrogens is 260 g/mol. The lowest BCUT2D eigenvalue weighted by atomic mass is 10.1. The Morgan fingerprint density at radius 1 is 1.25 bits per heavy atom. The van der Waals surface area contributed by atoms with E-state index in [9.17, 15) is 9.90 Å². The van der Waals surface area contributed by atoms with Crippen LogP contribution < -0.4 is 15.2 Å². The molecule has 1 heterocycles. The van der Waals surface area contributed by atoms with Crippen LogP contribution in [0.25, 0.3) is 0 Å². The molecule has 108 valence electrons. The highest BCUT2D eigenvalue weighted by molar-refractivity contribution is 5.41. The molecule has 0 bridgehead atoms. The summed E-state index contributed by atoms with van der Waals surface area (Å²) >= 11 is 0. The van der Waals surface area contributed by atoms with Crippen LogP contribution in [0.4, 0.5) is 0 Å². The number of hydrogen-bond acceptors (Lipinski definition) is 4. The summed E-state index contributed by atoms with van der Waals surface area (Å²) in [5.41, 5.74) is 0.445. The lowest BCUT2D eigenvalue weighted by Crippen LogP contribution is -2.24. The normalized spacial score (nSPS) is 12.2. The predicted molar refractivity (Wildman–Crippen MR) is 74.2 cm³/mol. The van der Waals surface area contributed by atoms with E-state index in [1.54, 1.807) is 44.8 Å². The van der Waals surface area contributed by atoms with E-state index in [1.807, 2.05) is 0 Å². The first-order valence-electron chi connectivity index (χ1n) is 6.18. The van der Waals surface area contributed by atoms with Gasteiger partial charge in [-0.1, -0.05) is 0 Å². The van der Waals surface area contributed by atoms with Gasteiger partial charge in [-0.15, -0.1) is 0 Å². The molecule has 0 radical (unpaired) electrons. The molecule has 2 aromatic rings. The van der Waals surface area contributed by atoms with Crippen molar-refractivity contribution in [2.24, 2.45) is 7.05 Å². The van der Waals surface area contributed by atoms with Crippen LogP contribution in [0.15, 0.2) is 35.4 Å². The van der Waals surface area contributed by atoms with Crippen LogP contribution >= 0.6 is 0 Å². The molecule has 6 heteroatoms. The molecule has 20 heavy (non-hydrogen) atoms. The fourth-order valence-electron chi connectivity index (χ4n) is 2.03. The number of methoxy groups -OCH3 is 2. The third-order valence-electron chi connectivity index (χ3n) is 3.19. The summed E-state index contributed by atoms with van der Waals surface area (Å²) in [4.78, 5) is 11.8. The molecule has 0 amide bonds. The second kappa shape index (κ2) is 5.83. The molecule has 6 nitrogen and oxygen atoms in total. The minimum Gasteiger partial charge on any atom is -0.497 e. The van der Waals surface area contributed by atoms with Crippen LogP contribution in [-0.4, -0.2) is 28.5 Å². The van der Waals surface area contributed by atoms with Gasteiger partial charge in [-0.05, 0) is 12.1 Å². The van der Waals surface area contributed by atoms with Crippen molar-refractivity contribution in [1.82, 2.24) is 9.13 Å². The smallest absolute Gasteiger partial charge is 0.327 e. The summed E-state index contributed by atoms with van der Waals surface area (Å²) < 4.78 is 13.3. The van der Waals surface area contributed by atoms with Crippen molar-refractivity contribution in [2.45, 2.75) is 12.6 Å². The number of aliphatic hydroxyl groups is 1. The fourth-order valence-corrected chi connectivity index (χ4v) is 2.03. The van der Waals surface area contributed by atoms with Crippen LogP contribution in [0.1, 0.15) is 11.7 Å². The lowest BCUT2D eigenvalue weighted by molar-refractivity contribution is 0.151. The van der Waals surface area contributed by atoms with E-state index in [2.05, 4.69) is 0 Å². The van der Waals surface area contributed by atoms with E-state index in [4.69, 9.17) is 9.47 Å². The maximum Gasteiger partial charge on any atom is 0.327 e. The largest absolute Gasteiger partial charge is 0.497 e. The zero-order valence-corrected chi connectivity index (χ0v) is 11.7. The Kier molecular flexibility index (Phi) is 4.14. The average Bonchev–Trinajstić information content (AvgIpc) is 2.78. The molecule has 1 unspecified atom stereocenters. The molecule has 0 fully saturated rings. The van der Waals surface area contributed by atoms with E-state index in [-0.39, 0.29) is 12.2 Å².